The van der Waals surface area contributed by atoms with Crippen molar-refractivity contribution in [1.29, 1.82) is 0 Å². The van der Waals surface area contributed by atoms with Crippen LogP contribution >= 0.6 is 0 Å². The second-order valence-corrected chi connectivity index (χ2v) is 11.3. The predicted octanol–water partition coefficient (Wildman–Crippen LogP) is 4.76. The first kappa shape index (κ1) is 16.7. The highest BCUT2D eigenvalue weighted by molar-refractivity contribution is 6.74. The lowest BCUT2D eigenvalue weighted by Crippen LogP contribution is -2.44. The maximum atomic E-state index is 10.3. The van der Waals surface area contributed by atoms with Crippen molar-refractivity contribution >= 4 is 14.6 Å². The van der Waals surface area contributed by atoms with Crippen LogP contribution in [0.3, 0.4) is 0 Å². The molecule has 0 radical (unpaired) electrons. The van der Waals surface area contributed by atoms with E-state index in [1.165, 1.54) is 5.56 Å². The number of allylic oxidation sites excluding steroid dienone is 2. The van der Waals surface area contributed by atoms with Gasteiger partial charge >= 0.3 is 0 Å². The van der Waals surface area contributed by atoms with Crippen LogP contribution in [-0.2, 0) is 11.2 Å². The molecule has 0 atom stereocenters. The highest BCUT2D eigenvalue weighted by Crippen LogP contribution is 2.38. The van der Waals surface area contributed by atoms with Crippen molar-refractivity contribution in [3.8, 4) is 5.75 Å². The number of rotatable bonds is 6. The van der Waals surface area contributed by atoms with E-state index in [9.17, 15) is 4.79 Å². The largest absolute Gasteiger partial charge is 0.543 e. The van der Waals surface area contributed by atoms with Gasteiger partial charge in [0, 0.05) is 0 Å². The summed E-state index contributed by atoms with van der Waals surface area (Å²) in [4.78, 5) is 10.3. The third-order valence-corrected chi connectivity index (χ3v) is 8.28. The van der Waals surface area contributed by atoms with E-state index >= 15 is 0 Å². The average Bonchev–Trinajstić information content (AvgIpc) is 2.35. The summed E-state index contributed by atoms with van der Waals surface area (Å²) in [6, 6.07) is 8.22. The van der Waals surface area contributed by atoms with E-state index < -0.39 is 8.32 Å². The summed E-state index contributed by atoms with van der Waals surface area (Å²) in [5, 5.41) is 0.192. The van der Waals surface area contributed by atoms with Crippen molar-refractivity contribution in [2.24, 2.45) is 0 Å². The fourth-order valence-corrected chi connectivity index (χ4v) is 2.68. The highest BCUT2D eigenvalue weighted by Gasteiger charge is 2.39. The normalized spacial score (nSPS) is 12.7. The SMILES string of the molecule is CC(C)(C)[Si](C)(C)Oc1ccccc1CC/C=C/C=O. The van der Waals surface area contributed by atoms with Crippen molar-refractivity contribution in [2.75, 3.05) is 0 Å². The molecule has 0 saturated heterocycles. The number of hydrogen-bond donors (Lipinski definition) is 0. The van der Waals surface area contributed by atoms with Gasteiger partial charge in [-0.25, -0.2) is 0 Å². The standard InChI is InChI=1S/C17H26O2Si/c1-17(2,3)20(4,5)19-16-13-9-8-12-15(16)11-7-6-10-14-18/h6,8-10,12-14H,7,11H2,1-5H3/b10-6+. The Morgan fingerprint density at radius 3 is 2.45 bits per heavy atom. The van der Waals surface area contributed by atoms with Gasteiger partial charge < -0.3 is 4.43 Å². The molecule has 0 N–H and O–H groups in total. The molecule has 20 heavy (non-hydrogen) atoms. The molecule has 110 valence electrons. The minimum Gasteiger partial charge on any atom is -0.543 e. The molecule has 2 nitrogen and oxygen atoms in total. The molecule has 3 heteroatoms. The molecule has 1 rings (SSSR count). The first-order valence-corrected chi connectivity index (χ1v) is 10.1. The summed E-state index contributed by atoms with van der Waals surface area (Å²) in [5.41, 5.74) is 1.22. The molecule has 0 amide bonds. The molecule has 1 aromatic rings. The lowest BCUT2D eigenvalue weighted by molar-refractivity contribution is -0.104. The Bertz CT molecular complexity index is 470. The third-order valence-electron chi connectivity index (χ3n) is 3.94. The predicted molar refractivity (Wildman–Crippen MR) is 87.8 cm³/mol. The fraction of sp³-hybridized carbons (Fsp3) is 0.471. The maximum Gasteiger partial charge on any atom is 0.250 e. The molecule has 0 aliphatic carbocycles. The van der Waals surface area contributed by atoms with Gasteiger partial charge in [0.2, 0.25) is 8.32 Å². The molecule has 0 fully saturated rings. The van der Waals surface area contributed by atoms with E-state index in [1.54, 1.807) is 6.08 Å². The lowest BCUT2D eigenvalue weighted by atomic mass is 10.1. The van der Waals surface area contributed by atoms with Gasteiger partial charge in [-0.2, -0.15) is 0 Å². The van der Waals surface area contributed by atoms with Gasteiger partial charge in [-0.3, -0.25) is 4.79 Å². The van der Waals surface area contributed by atoms with E-state index in [0.29, 0.717) is 0 Å². The minimum atomic E-state index is -1.81. The van der Waals surface area contributed by atoms with E-state index in [2.05, 4.69) is 46.0 Å². The van der Waals surface area contributed by atoms with Crippen molar-refractivity contribution in [1.82, 2.24) is 0 Å². The van der Waals surface area contributed by atoms with Crippen LogP contribution in [0.5, 0.6) is 5.75 Å². The molecular weight excluding hydrogens is 264 g/mol. The number of para-hydroxylation sites is 1. The lowest BCUT2D eigenvalue weighted by Gasteiger charge is -2.37. The van der Waals surface area contributed by atoms with E-state index in [-0.39, 0.29) is 5.04 Å². The van der Waals surface area contributed by atoms with Gasteiger partial charge in [0.1, 0.15) is 12.0 Å². The molecule has 0 aromatic heterocycles. The number of aldehydes is 1. The van der Waals surface area contributed by atoms with Crippen LogP contribution in [0.4, 0.5) is 0 Å². The number of carbonyl (C=O) groups is 1. The Balaban J connectivity index is 2.85. The zero-order valence-electron chi connectivity index (χ0n) is 13.3. The molecule has 0 spiro atoms. The summed E-state index contributed by atoms with van der Waals surface area (Å²) < 4.78 is 6.40. The second kappa shape index (κ2) is 6.89. The summed E-state index contributed by atoms with van der Waals surface area (Å²) in [6.45, 7) is 11.3. The third kappa shape index (κ3) is 4.64. The molecule has 0 aliphatic heterocycles. The molecule has 0 bridgehead atoms. The summed E-state index contributed by atoms with van der Waals surface area (Å²) >= 11 is 0. The summed E-state index contributed by atoms with van der Waals surface area (Å²) in [6.07, 6.45) is 6.03. The zero-order chi connectivity index (χ0) is 15.2. The van der Waals surface area contributed by atoms with Crippen molar-refractivity contribution < 1.29 is 9.22 Å². The van der Waals surface area contributed by atoms with Gasteiger partial charge in [0.05, 0.1) is 0 Å². The summed E-state index contributed by atoms with van der Waals surface area (Å²) in [5.74, 6) is 0.999. The van der Waals surface area contributed by atoms with Gasteiger partial charge in [0.15, 0.2) is 0 Å². The van der Waals surface area contributed by atoms with Crippen molar-refractivity contribution in [3.05, 3.63) is 42.0 Å². The Labute approximate surface area is 124 Å². The Morgan fingerprint density at radius 1 is 1.20 bits per heavy atom. The van der Waals surface area contributed by atoms with E-state index in [1.807, 2.05) is 18.2 Å². The Morgan fingerprint density at radius 2 is 1.85 bits per heavy atom. The maximum absolute atomic E-state index is 10.3. The molecule has 0 unspecified atom stereocenters. The van der Waals surface area contributed by atoms with E-state index in [4.69, 9.17) is 4.43 Å². The monoisotopic (exact) mass is 290 g/mol. The van der Waals surface area contributed by atoms with Crippen LogP contribution in [0.2, 0.25) is 18.1 Å². The molecule has 0 saturated carbocycles. The first-order valence-electron chi connectivity index (χ1n) is 7.15. The van der Waals surface area contributed by atoms with Crippen LogP contribution in [0.15, 0.2) is 36.4 Å². The Kier molecular flexibility index (Phi) is 5.75. The van der Waals surface area contributed by atoms with Gasteiger partial charge in [-0.05, 0) is 48.7 Å². The molecular formula is C17H26O2Si. The smallest absolute Gasteiger partial charge is 0.250 e. The molecule has 1 aromatic carbocycles. The first-order chi connectivity index (χ1) is 9.28. The summed E-state index contributed by atoms with van der Waals surface area (Å²) in [7, 11) is -1.81. The number of hydrogen-bond acceptors (Lipinski definition) is 2. The van der Waals surface area contributed by atoms with Crippen LogP contribution in [0.1, 0.15) is 32.8 Å². The second-order valence-electron chi connectivity index (χ2n) is 6.57. The van der Waals surface area contributed by atoms with Crippen LogP contribution in [0.25, 0.3) is 0 Å². The van der Waals surface area contributed by atoms with Crippen LogP contribution in [-0.4, -0.2) is 14.6 Å². The number of benzene rings is 1. The van der Waals surface area contributed by atoms with Crippen LogP contribution < -0.4 is 4.43 Å². The van der Waals surface area contributed by atoms with Crippen molar-refractivity contribution in [2.45, 2.75) is 51.7 Å². The average molecular weight is 290 g/mol. The molecule has 0 aliphatic rings. The topological polar surface area (TPSA) is 26.3 Å². The Hall–Kier alpha value is -1.35. The van der Waals surface area contributed by atoms with Gasteiger partial charge in [-0.15, -0.1) is 0 Å². The van der Waals surface area contributed by atoms with Gasteiger partial charge in [-0.1, -0.05) is 45.0 Å². The molecule has 0 heterocycles. The van der Waals surface area contributed by atoms with E-state index in [0.717, 1.165) is 24.9 Å². The number of carbonyl (C=O) groups excluding carboxylic acids is 1. The highest BCUT2D eigenvalue weighted by atomic mass is 28.4. The zero-order valence-corrected chi connectivity index (χ0v) is 14.3. The number of aryl methyl sites for hydroxylation is 1. The quantitative estimate of drug-likeness (QED) is 0.429. The van der Waals surface area contributed by atoms with Crippen LogP contribution in [0, 0.1) is 0 Å². The fourth-order valence-electron chi connectivity index (χ4n) is 1.63. The van der Waals surface area contributed by atoms with Gasteiger partial charge in [0.25, 0.3) is 0 Å². The minimum absolute atomic E-state index is 0.192. The van der Waals surface area contributed by atoms with Crippen molar-refractivity contribution in [3.63, 3.8) is 0 Å².